The quantitative estimate of drug-likeness (QED) is 0.470. The van der Waals surface area contributed by atoms with Crippen LogP contribution in [0.2, 0.25) is 0 Å². The van der Waals surface area contributed by atoms with E-state index < -0.39 is 36.8 Å². The van der Waals surface area contributed by atoms with Crippen molar-refractivity contribution in [3.8, 4) is 0 Å². The van der Waals surface area contributed by atoms with Crippen molar-refractivity contribution >= 4 is 12.0 Å². The highest BCUT2D eigenvalue weighted by molar-refractivity contribution is 5.73. The van der Waals surface area contributed by atoms with Gasteiger partial charge in [-0.2, -0.15) is 8.78 Å². The van der Waals surface area contributed by atoms with Gasteiger partial charge in [-0.25, -0.2) is 13.6 Å². The van der Waals surface area contributed by atoms with Gasteiger partial charge in [0.05, 0.1) is 12.5 Å². The van der Waals surface area contributed by atoms with Crippen molar-refractivity contribution in [1.82, 2.24) is 10.6 Å². The van der Waals surface area contributed by atoms with Gasteiger partial charge < -0.3 is 15.7 Å². The van der Waals surface area contributed by atoms with Gasteiger partial charge in [-0.15, -0.1) is 0 Å². The topological polar surface area (TPSA) is 78.4 Å². The van der Waals surface area contributed by atoms with Gasteiger partial charge in [-0.3, -0.25) is 4.79 Å². The number of urea groups is 1. The average Bonchev–Trinajstić information content (AvgIpc) is 2.31. The maximum atomic E-state index is 12.4. The van der Waals surface area contributed by atoms with Gasteiger partial charge in [0.1, 0.15) is 0 Å². The number of carboxylic acids is 1. The molecule has 0 spiro atoms. The molecule has 3 N–H and O–H groups in total. The molecule has 0 fully saturated rings. The Labute approximate surface area is 107 Å². The fourth-order valence-corrected chi connectivity index (χ4v) is 1.07. The highest BCUT2D eigenvalue weighted by Crippen LogP contribution is 2.21. The lowest BCUT2D eigenvalue weighted by Crippen LogP contribution is -2.45. The van der Waals surface area contributed by atoms with Crippen molar-refractivity contribution in [3.05, 3.63) is 0 Å². The molecule has 1 atom stereocenters. The minimum absolute atomic E-state index is 0.0731. The van der Waals surface area contributed by atoms with Crippen LogP contribution in [-0.4, -0.2) is 42.5 Å². The van der Waals surface area contributed by atoms with Crippen LogP contribution in [0.25, 0.3) is 0 Å². The molecule has 0 rings (SSSR count). The molecule has 0 aliphatic rings. The van der Waals surface area contributed by atoms with Gasteiger partial charge in [0.2, 0.25) is 0 Å². The van der Waals surface area contributed by atoms with Crippen LogP contribution in [0, 0.1) is 5.92 Å². The molecular formula is C10H16F4N2O3. The zero-order valence-electron chi connectivity index (χ0n) is 10.3. The van der Waals surface area contributed by atoms with E-state index in [1.165, 1.54) is 6.92 Å². The predicted octanol–water partition coefficient (Wildman–Crippen LogP) is 1.69. The number of alkyl halides is 4. The number of aliphatic carboxylic acids is 1. The van der Waals surface area contributed by atoms with Crippen LogP contribution in [0.1, 0.15) is 19.8 Å². The highest BCUT2D eigenvalue weighted by Gasteiger charge is 2.40. The molecule has 0 saturated heterocycles. The maximum absolute atomic E-state index is 12.4. The van der Waals surface area contributed by atoms with Crippen LogP contribution in [-0.2, 0) is 4.79 Å². The summed E-state index contributed by atoms with van der Waals surface area (Å²) in [4.78, 5) is 21.4. The molecule has 0 saturated carbocycles. The van der Waals surface area contributed by atoms with Gasteiger partial charge >= 0.3 is 24.3 Å². The van der Waals surface area contributed by atoms with Gasteiger partial charge in [0, 0.05) is 6.54 Å². The first kappa shape index (κ1) is 17.5. The zero-order valence-corrected chi connectivity index (χ0v) is 10.3. The molecule has 0 aliphatic heterocycles. The molecule has 0 aromatic heterocycles. The number of carbonyl (C=O) groups excluding carboxylic acids is 1. The molecule has 2 amide bonds. The van der Waals surface area contributed by atoms with E-state index in [2.05, 4.69) is 5.32 Å². The summed E-state index contributed by atoms with van der Waals surface area (Å²) >= 11 is 0. The van der Waals surface area contributed by atoms with Crippen molar-refractivity contribution in [2.45, 2.75) is 32.1 Å². The zero-order chi connectivity index (χ0) is 15.1. The van der Waals surface area contributed by atoms with E-state index in [-0.39, 0.29) is 6.54 Å². The van der Waals surface area contributed by atoms with Gasteiger partial charge in [-0.1, -0.05) is 6.92 Å². The van der Waals surface area contributed by atoms with Crippen LogP contribution in [0.5, 0.6) is 0 Å². The third-order valence-electron chi connectivity index (χ3n) is 2.32. The second kappa shape index (κ2) is 7.80. The molecule has 0 bridgehead atoms. The Morgan fingerprint density at radius 2 is 1.84 bits per heavy atom. The van der Waals surface area contributed by atoms with Crippen molar-refractivity contribution in [2.24, 2.45) is 5.92 Å². The summed E-state index contributed by atoms with van der Waals surface area (Å²) < 4.78 is 48.4. The molecule has 19 heavy (non-hydrogen) atoms. The minimum Gasteiger partial charge on any atom is -0.481 e. The molecule has 0 aromatic carbocycles. The first-order valence-electron chi connectivity index (χ1n) is 5.57. The number of carboxylic acid groups (broad SMARTS) is 1. The van der Waals surface area contributed by atoms with Gasteiger partial charge in [-0.05, 0) is 12.8 Å². The molecule has 112 valence electrons. The summed E-state index contributed by atoms with van der Waals surface area (Å²) in [5.74, 6) is -5.82. The van der Waals surface area contributed by atoms with E-state index in [9.17, 15) is 27.2 Å². The summed E-state index contributed by atoms with van der Waals surface area (Å²) in [5, 5.41) is 12.3. The number of halogens is 4. The summed E-state index contributed by atoms with van der Waals surface area (Å²) in [6.45, 7) is 0.108. The lowest BCUT2D eigenvalue weighted by molar-refractivity contribution is -0.141. The fourth-order valence-electron chi connectivity index (χ4n) is 1.07. The number of hydrogen-bond acceptors (Lipinski definition) is 2. The predicted molar refractivity (Wildman–Crippen MR) is 58.4 cm³/mol. The summed E-state index contributed by atoms with van der Waals surface area (Å²) in [6, 6.07) is -0.997. The monoisotopic (exact) mass is 288 g/mol. The van der Waals surface area contributed by atoms with Crippen molar-refractivity contribution in [1.29, 1.82) is 0 Å². The lowest BCUT2D eigenvalue weighted by Gasteiger charge is -2.16. The summed E-state index contributed by atoms with van der Waals surface area (Å²) in [5.41, 5.74) is 0. The van der Waals surface area contributed by atoms with Crippen LogP contribution >= 0.6 is 0 Å². The molecule has 0 radical (unpaired) electrons. The molecule has 0 heterocycles. The fraction of sp³-hybridized carbons (Fsp3) is 0.800. The first-order chi connectivity index (χ1) is 8.66. The number of carbonyl (C=O) groups is 2. The average molecular weight is 288 g/mol. The van der Waals surface area contributed by atoms with E-state index in [4.69, 9.17) is 5.11 Å². The third kappa shape index (κ3) is 7.47. The van der Waals surface area contributed by atoms with Crippen molar-refractivity contribution < 1.29 is 32.3 Å². The summed E-state index contributed by atoms with van der Waals surface area (Å²) in [7, 11) is 0. The number of amides is 2. The SMILES string of the molecule is CC(CCCNC(=O)NCC(F)(F)C(F)F)C(=O)O. The Balaban J connectivity index is 3.75. The van der Waals surface area contributed by atoms with E-state index in [1.807, 2.05) is 0 Å². The molecular weight excluding hydrogens is 272 g/mol. The standard InChI is InChI=1S/C10H16F4N2O3/c1-6(7(17)18)3-2-4-15-9(19)16-5-10(13,14)8(11)12/h6,8H,2-5H2,1H3,(H,17,18)(H2,15,16,19). The Hall–Kier alpha value is -1.54. The first-order valence-corrected chi connectivity index (χ1v) is 5.57. The smallest absolute Gasteiger partial charge is 0.324 e. The molecule has 1 unspecified atom stereocenters. The van der Waals surface area contributed by atoms with Crippen LogP contribution in [0.4, 0.5) is 22.4 Å². The Kier molecular flexibility index (Phi) is 7.17. The highest BCUT2D eigenvalue weighted by atomic mass is 19.3. The lowest BCUT2D eigenvalue weighted by atomic mass is 10.1. The van der Waals surface area contributed by atoms with Gasteiger partial charge in [0.15, 0.2) is 0 Å². The molecule has 0 aromatic rings. The Morgan fingerprint density at radius 3 is 2.32 bits per heavy atom. The molecule has 5 nitrogen and oxygen atoms in total. The van der Waals surface area contributed by atoms with Crippen molar-refractivity contribution in [2.75, 3.05) is 13.1 Å². The van der Waals surface area contributed by atoms with Gasteiger partial charge in [0.25, 0.3) is 0 Å². The van der Waals surface area contributed by atoms with E-state index >= 15 is 0 Å². The van der Waals surface area contributed by atoms with E-state index in [0.29, 0.717) is 12.8 Å². The second-order valence-electron chi connectivity index (χ2n) is 4.05. The molecule has 9 heteroatoms. The van der Waals surface area contributed by atoms with Crippen LogP contribution in [0.15, 0.2) is 0 Å². The van der Waals surface area contributed by atoms with Crippen molar-refractivity contribution in [3.63, 3.8) is 0 Å². The number of nitrogens with one attached hydrogen (secondary N) is 2. The minimum atomic E-state index is -4.27. The van der Waals surface area contributed by atoms with Crippen LogP contribution in [0.3, 0.4) is 0 Å². The normalized spacial score (nSPS) is 13.2. The Bertz CT molecular complexity index is 313. The molecule has 0 aliphatic carbocycles. The van der Waals surface area contributed by atoms with E-state index in [0.717, 1.165) is 0 Å². The van der Waals surface area contributed by atoms with Crippen LogP contribution < -0.4 is 10.6 Å². The maximum Gasteiger partial charge on any atom is 0.324 e. The second-order valence-corrected chi connectivity index (χ2v) is 4.05. The summed E-state index contributed by atoms with van der Waals surface area (Å²) in [6.07, 6.45) is -3.20. The Morgan fingerprint density at radius 1 is 1.26 bits per heavy atom. The largest absolute Gasteiger partial charge is 0.481 e. The number of hydrogen-bond donors (Lipinski definition) is 3. The van der Waals surface area contributed by atoms with E-state index in [1.54, 1.807) is 5.32 Å². The third-order valence-corrected chi connectivity index (χ3v) is 2.32. The number of rotatable bonds is 8.